The fourth-order valence-corrected chi connectivity index (χ4v) is 3.59. The predicted molar refractivity (Wildman–Crippen MR) is 142 cm³/mol. The highest BCUT2D eigenvalue weighted by atomic mass is 32.2. The van der Waals surface area contributed by atoms with E-state index in [1.165, 1.54) is 0 Å². The molecular weight excluding hydrogens is 492 g/mol. The molecule has 192 valence electrons. The summed E-state index contributed by atoms with van der Waals surface area (Å²) in [5.74, 6) is -0.0119. The summed E-state index contributed by atoms with van der Waals surface area (Å²) in [4.78, 5) is 2.14. The van der Waals surface area contributed by atoms with Crippen LogP contribution in [-0.4, -0.2) is 38.4 Å². The third-order valence-corrected chi connectivity index (χ3v) is 5.95. The van der Waals surface area contributed by atoms with Crippen LogP contribution in [0.2, 0.25) is 0 Å². The van der Waals surface area contributed by atoms with Crippen molar-refractivity contribution in [2.24, 2.45) is 20.5 Å². The Balaban J connectivity index is 1.59. The molecule has 37 heavy (non-hydrogen) atoms. The molecule has 0 aliphatic carbocycles. The van der Waals surface area contributed by atoms with E-state index in [0.717, 1.165) is 23.5 Å². The van der Waals surface area contributed by atoms with Crippen LogP contribution in [0, 0.1) is 18.3 Å². The van der Waals surface area contributed by atoms with Crippen LogP contribution < -0.4 is 9.64 Å². The van der Waals surface area contributed by atoms with Crippen LogP contribution in [-0.2, 0) is 10.1 Å². The third-order valence-electron chi connectivity index (χ3n) is 5.27. The molecule has 0 spiro atoms. The standard InChI is InChI=1S/C26H28N6O4S/c1-3-32(16-4-15-27)24-10-5-21(6-11-24)28-30-23-9-14-26(20(2)19-23)31-29-22-7-12-25(13-8-22)36-17-18-37(33,34)35/h5-14,19H,3-4,16-18H2,1-2H3,(H,33,34,35). The number of ether oxygens (including phenoxy) is 1. The van der Waals surface area contributed by atoms with Crippen molar-refractivity contribution in [3.8, 4) is 11.8 Å². The first-order valence-corrected chi connectivity index (χ1v) is 13.2. The Kier molecular flexibility index (Phi) is 9.83. The molecule has 0 aliphatic rings. The van der Waals surface area contributed by atoms with Crippen molar-refractivity contribution in [3.05, 3.63) is 72.3 Å². The fraction of sp³-hybridized carbons (Fsp3) is 0.269. The minimum Gasteiger partial charge on any atom is -0.492 e. The van der Waals surface area contributed by atoms with Gasteiger partial charge < -0.3 is 9.64 Å². The first kappa shape index (κ1) is 27.4. The summed E-state index contributed by atoms with van der Waals surface area (Å²) in [5, 5.41) is 26.0. The largest absolute Gasteiger partial charge is 0.492 e. The van der Waals surface area contributed by atoms with Gasteiger partial charge in [0.25, 0.3) is 10.1 Å². The molecule has 0 atom stereocenters. The van der Waals surface area contributed by atoms with Crippen LogP contribution in [0.1, 0.15) is 18.9 Å². The quantitative estimate of drug-likeness (QED) is 0.205. The topological polar surface area (TPSA) is 140 Å². The average Bonchev–Trinajstić information content (AvgIpc) is 2.88. The van der Waals surface area contributed by atoms with E-state index in [1.807, 2.05) is 49.4 Å². The smallest absolute Gasteiger partial charge is 0.268 e. The van der Waals surface area contributed by atoms with E-state index in [-0.39, 0.29) is 6.61 Å². The maximum absolute atomic E-state index is 10.7. The van der Waals surface area contributed by atoms with Gasteiger partial charge in [-0.15, -0.1) is 0 Å². The molecule has 10 nitrogen and oxygen atoms in total. The monoisotopic (exact) mass is 520 g/mol. The minimum absolute atomic E-state index is 0.144. The third kappa shape index (κ3) is 9.10. The SMILES string of the molecule is CCN(CCC#N)c1ccc(N=Nc2ccc(N=Nc3ccc(OCCS(=O)(=O)O)cc3)c(C)c2)cc1. The van der Waals surface area contributed by atoms with E-state index >= 15 is 0 Å². The van der Waals surface area contributed by atoms with E-state index in [2.05, 4.69) is 38.3 Å². The summed E-state index contributed by atoms with van der Waals surface area (Å²) in [5.41, 5.74) is 4.64. The number of nitrogens with zero attached hydrogens (tertiary/aromatic N) is 6. The second-order valence-electron chi connectivity index (χ2n) is 8.00. The van der Waals surface area contributed by atoms with Crippen LogP contribution >= 0.6 is 0 Å². The second kappa shape index (κ2) is 13.2. The lowest BCUT2D eigenvalue weighted by Crippen LogP contribution is -2.23. The molecule has 0 unspecified atom stereocenters. The van der Waals surface area contributed by atoms with E-state index in [1.54, 1.807) is 24.3 Å². The lowest BCUT2D eigenvalue weighted by molar-refractivity contribution is 0.336. The minimum atomic E-state index is -4.06. The molecular formula is C26H28N6O4S. The Morgan fingerprint density at radius 1 is 0.919 bits per heavy atom. The first-order chi connectivity index (χ1) is 17.8. The van der Waals surface area contributed by atoms with E-state index in [0.29, 0.717) is 35.8 Å². The summed E-state index contributed by atoms with van der Waals surface area (Å²) in [6, 6.07) is 22.1. The van der Waals surface area contributed by atoms with Crippen molar-refractivity contribution in [1.82, 2.24) is 0 Å². The highest BCUT2D eigenvalue weighted by Gasteiger charge is 2.06. The molecule has 3 rings (SSSR count). The van der Waals surface area contributed by atoms with Gasteiger partial charge in [0, 0.05) is 18.8 Å². The van der Waals surface area contributed by atoms with Gasteiger partial charge in [-0.3, -0.25) is 4.55 Å². The lowest BCUT2D eigenvalue weighted by Gasteiger charge is -2.21. The zero-order valence-electron chi connectivity index (χ0n) is 20.6. The summed E-state index contributed by atoms with van der Waals surface area (Å²) in [6.45, 7) is 5.34. The van der Waals surface area contributed by atoms with Gasteiger partial charge in [-0.25, -0.2) is 0 Å². The summed E-state index contributed by atoms with van der Waals surface area (Å²) < 4.78 is 35.5. The Morgan fingerprint density at radius 3 is 2.11 bits per heavy atom. The Bertz CT molecular complexity index is 1380. The van der Waals surface area contributed by atoms with Crippen molar-refractivity contribution >= 4 is 38.6 Å². The highest BCUT2D eigenvalue weighted by Crippen LogP contribution is 2.28. The Morgan fingerprint density at radius 2 is 1.51 bits per heavy atom. The fourth-order valence-electron chi connectivity index (χ4n) is 3.30. The Labute approximate surface area is 216 Å². The van der Waals surface area contributed by atoms with Gasteiger partial charge in [0.1, 0.15) is 18.1 Å². The molecule has 3 aromatic carbocycles. The maximum atomic E-state index is 10.7. The van der Waals surface area contributed by atoms with Gasteiger partial charge in [0.2, 0.25) is 0 Å². The molecule has 11 heteroatoms. The van der Waals surface area contributed by atoms with Gasteiger partial charge in [0.05, 0.1) is 35.2 Å². The van der Waals surface area contributed by atoms with Gasteiger partial charge >= 0.3 is 0 Å². The Hall–Kier alpha value is -4.14. The molecule has 0 aromatic heterocycles. The van der Waals surface area contributed by atoms with Crippen molar-refractivity contribution < 1.29 is 17.7 Å². The molecule has 0 radical (unpaired) electrons. The van der Waals surface area contributed by atoms with E-state index < -0.39 is 15.9 Å². The number of rotatable bonds is 12. The van der Waals surface area contributed by atoms with Crippen LogP contribution in [0.15, 0.2) is 87.2 Å². The van der Waals surface area contributed by atoms with Crippen LogP contribution in [0.4, 0.5) is 28.4 Å². The molecule has 1 N–H and O–H groups in total. The number of hydrogen-bond donors (Lipinski definition) is 1. The van der Waals surface area contributed by atoms with E-state index in [4.69, 9.17) is 14.6 Å². The zero-order chi connectivity index (χ0) is 26.7. The van der Waals surface area contributed by atoms with Gasteiger partial charge in [-0.05, 0) is 86.1 Å². The summed E-state index contributed by atoms with van der Waals surface area (Å²) in [7, 11) is -4.06. The molecule has 0 aliphatic heterocycles. The van der Waals surface area contributed by atoms with Crippen LogP contribution in [0.5, 0.6) is 5.75 Å². The zero-order valence-corrected chi connectivity index (χ0v) is 21.5. The molecule has 3 aromatic rings. The molecule has 0 bridgehead atoms. The molecule has 0 saturated carbocycles. The van der Waals surface area contributed by atoms with Gasteiger partial charge in [-0.2, -0.15) is 34.1 Å². The lowest BCUT2D eigenvalue weighted by atomic mass is 10.2. The average molecular weight is 521 g/mol. The summed E-state index contributed by atoms with van der Waals surface area (Å²) >= 11 is 0. The number of benzene rings is 3. The van der Waals surface area contributed by atoms with Crippen LogP contribution in [0.3, 0.4) is 0 Å². The highest BCUT2D eigenvalue weighted by molar-refractivity contribution is 7.85. The number of anilines is 1. The van der Waals surface area contributed by atoms with Crippen molar-refractivity contribution in [2.75, 3.05) is 30.3 Å². The van der Waals surface area contributed by atoms with Crippen molar-refractivity contribution in [3.63, 3.8) is 0 Å². The van der Waals surface area contributed by atoms with Crippen molar-refractivity contribution in [2.45, 2.75) is 20.3 Å². The molecule has 0 heterocycles. The van der Waals surface area contributed by atoms with Crippen LogP contribution in [0.25, 0.3) is 0 Å². The number of aryl methyl sites for hydroxylation is 1. The molecule has 0 saturated heterocycles. The summed E-state index contributed by atoms with van der Waals surface area (Å²) in [6.07, 6.45) is 0.480. The second-order valence-corrected chi connectivity index (χ2v) is 9.58. The van der Waals surface area contributed by atoms with Gasteiger partial charge in [-0.1, -0.05) is 0 Å². The number of azo groups is 2. The normalized spacial score (nSPS) is 11.6. The first-order valence-electron chi connectivity index (χ1n) is 11.6. The van der Waals surface area contributed by atoms with E-state index in [9.17, 15) is 8.42 Å². The maximum Gasteiger partial charge on any atom is 0.268 e. The number of hydrogen-bond acceptors (Lipinski definition) is 9. The van der Waals surface area contributed by atoms with Gasteiger partial charge in [0.15, 0.2) is 0 Å². The number of nitriles is 1. The molecule has 0 amide bonds. The van der Waals surface area contributed by atoms with Crippen molar-refractivity contribution in [1.29, 1.82) is 5.26 Å². The molecule has 0 fully saturated rings. The predicted octanol–water partition coefficient (Wildman–Crippen LogP) is 6.83.